The van der Waals surface area contributed by atoms with Crippen molar-refractivity contribution in [3.05, 3.63) is 69.5 Å². The summed E-state index contributed by atoms with van der Waals surface area (Å²) in [7, 11) is 0. The van der Waals surface area contributed by atoms with Crippen LogP contribution in [0.15, 0.2) is 42.6 Å². The van der Waals surface area contributed by atoms with Gasteiger partial charge in [-0.3, -0.25) is 19.9 Å². The molecule has 0 atom stereocenters. The smallest absolute Gasteiger partial charge is 0.287 e. The Morgan fingerprint density at radius 1 is 1.19 bits per heavy atom. The van der Waals surface area contributed by atoms with Gasteiger partial charge in [0.1, 0.15) is 5.69 Å². The molecule has 1 aromatic carbocycles. The Morgan fingerprint density at radius 3 is 2.43 bits per heavy atom. The van der Waals surface area contributed by atoms with Crippen molar-refractivity contribution in [3.63, 3.8) is 0 Å². The van der Waals surface area contributed by atoms with Gasteiger partial charge in [0, 0.05) is 23.9 Å². The van der Waals surface area contributed by atoms with Crippen LogP contribution < -0.4 is 0 Å². The van der Waals surface area contributed by atoms with Crippen molar-refractivity contribution in [2.24, 2.45) is 0 Å². The summed E-state index contributed by atoms with van der Waals surface area (Å²) < 4.78 is 38.7. The van der Waals surface area contributed by atoms with Gasteiger partial charge in [-0.2, -0.15) is 13.2 Å². The number of ketones is 1. The predicted octanol–water partition coefficient (Wildman–Crippen LogP) is 3.24. The highest BCUT2D eigenvalue weighted by Gasteiger charge is 2.36. The van der Waals surface area contributed by atoms with Gasteiger partial charge in [0.15, 0.2) is 0 Å². The zero-order valence-corrected chi connectivity index (χ0v) is 10.3. The van der Waals surface area contributed by atoms with E-state index in [1.165, 1.54) is 24.4 Å². The quantitative estimate of drug-likeness (QED) is 0.495. The number of carbonyl (C=O) groups is 1. The van der Waals surface area contributed by atoms with Crippen LogP contribution in [0, 0.1) is 10.1 Å². The molecule has 1 aromatic heterocycles. The van der Waals surface area contributed by atoms with E-state index in [4.69, 9.17) is 0 Å². The third-order valence-corrected chi connectivity index (χ3v) is 2.66. The number of nitro groups is 1. The van der Waals surface area contributed by atoms with E-state index in [9.17, 15) is 28.1 Å². The summed E-state index contributed by atoms with van der Waals surface area (Å²) >= 11 is 0. The molecule has 0 aliphatic carbocycles. The van der Waals surface area contributed by atoms with Crippen LogP contribution in [0.3, 0.4) is 0 Å². The van der Waals surface area contributed by atoms with Crippen LogP contribution in [0.4, 0.5) is 18.9 Å². The van der Waals surface area contributed by atoms with Gasteiger partial charge in [-0.1, -0.05) is 6.07 Å². The average molecular weight is 296 g/mol. The molecule has 0 saturated carbocycles. The average Bonchev–Trinajstić information content (AvgIpc) is 2.45. The minimum Gasteiger partial charge on any atom is -0.287 e. The fraction of sp³-hybridized carbons (Fsp3) is 0.0769. The second-order valence-electron chi connectivity index (χ2n) is 4.03. The standard InChI is InChI=1S/C13H7F3N2O3/c14-13(15,16)10-5-4-8(18(20)21)7-9(10)12(19)11-3-1-2-6-17-11/h1-7H. The van der Waals surface area contributed by atoms with Gasteiger partial charge in [-0.15, -0.1) is 0 Å². The summed E-state index contributed by atoms with van der Waals surface area (Å²) in [6.45, 7) is 0. The molecule has 0 bridgehead atoms. The van der Waals surface area contributed by atoms with Crippen molar-refractivity contribution in [1.29, 1.82) is 0 Å². The normalized spacial score (nSPS) is 11.2. The summed E-state index contributed by atoms with van der Waals surface area (Å²) in [6.07, 6.45) is -3.55. The molecule has 0 radical (unpaired) electrons. The van der Waals surface area contributed by atoms with Crippen LogP contribution in [0.5, 0.6) is 0 Å². The molecule has 2 rings (SSSR count). The maximum absolute atomic E-state index is 12.9. The number of non-ortho nitro benzene ring substituents is 1. The number of alkyl halides is 3. The summed E-state index contributed by atoms with van der Waals surface area (Å²) in [4.78, 5) is 25.6. The Balaban J connectivity index is 2.61. The van der Waals surface area contributed by atoms with E-state index in [0.29, 0.717) is 18.2 Å². The zero-order chi connectivity index (χ0) is 15.6. The third kappa shape index (κ3) is 3.04. The molecular weight excluding hydrogens is 289 g/mol. The summed E-state index contributed by atoms with van der Waals surface area (Å²) in [6, 6.07) is 6.01. The lowest BCUT2D eigenvalue weighted by atomic mass is 10.00. The lowest BCUT2D eigenvalue weighted by molar-refractivity contribution is -0.384. The molecule has 8 heteroatoms. The first-order valence-corrected chi connectivity index (χ1v) is 5.62. The van der Waals surface area contributed by atoms with E-state index in [-0.39, 0.29) is 5.69 Å². The van der Waals surface area contributed by atoms with Crippen LogP contribution in [0.1, 0.15) is 21.6 Å². The van der Waals surface area contributed by atoms with Gasteiger partial charge >= 0.3 is 6.18 Å². The second-order valence-corrected chi connectivity index (χ2v) is 4.03. The Hall–Kier alpha value is -2.77. The highest BCUT2D eigenvalue weighted by atomic mass is 19.4. The van der Waals surface area contributed by atoms with Crippen molar-refractivity contribution < 1.29 is 22.9 Å². The van der Waals surface area contributed by atoms with Gasteiger partial charge < -0.3 is 0 Å². The van der Waals surface area contributed by atoms with Gasteiger partial charge in [-0.25, -0.2) is 0 Å². The molecule has 5 nitrogen and oxygen atoms in total. The van der Waals surface area contributed by atoms with Crippen LogP contribution in [-0.2, 0) is 6.18 Å². The molecule has 0 aliphatic heterocycles. The molecule has 0 spiro atoms. The number of hydrogen-bond acceptors (Lipinski definition) is 4. The molecule has 2 aromatic rings. The minimum atomic E-state index is -4.80. The number of nitrogens with zero attached hydrogens (tertiary/aromatic N) is 2. The van der Waals surface area contributed by atoms with Crippen molar-refractivity contribution in [3.8, 4) is 0 Å². The number of hydrogen-bond donors (Lipinski definition) is 0. The fourth-order valence-electron chi connectivity index (χ4n) is 1.72. The van der Waals surface area contributed by atoms with E-state index in [0.717, 1.165) is 0 Å². The number of pyridine rings is 1. The Kier molecular flexibility index (Phi) is 3.70. The van der Waals surface area contributed by atoms with Gasteiger partial charge in [0.2, 0.25) is 5.78 Å². The summed E-state index contributed by atoms with van der Waals surface area (Å²) in [5.74, 6) is -1.02. The van der Waals surface area contributed by atoms with Crippen molar-refractivity contribution in [1.82, 2.24) is 4.98 Å². The Bertz CT molecular complexity index is 700. The summed E-state index contributed by atoms with van der Waals surface area (Å²) in [5, 5.41) is 10.7. The first kappa shape index (κ1) is 14.6. The van der Waals surface area contributed by atoms with E-state index >= 15 is 0 Å². The van der Waals surface area contributed by atoms with Crippen molar-refractivity contribution in [2.75, 3.05) is 0 Å². The molecule has 0 N–H and O–H groups in total. The highest BCUT2D eigenvalue weighted by Crippen LogP contribution is 2.34. The number of aromatic nitrogens is 1. The van der Waals surface area contributed by atoms with Gasteiger partial charge in [0.05, 0.1) is 10.5 Å². The molecule has 0 amide bonds. The monoisotopic (exact) mass is 296 g/mol. The van der Waals surface area contributed by atoms with Crippen LogP contribution in [-0.4, -0.2) is 15.7 Å². The van der Waals surface area contributed by atoms with E-state index in [2.05, 4.69) is 4.98 Å². The largest absolute Gasteiger partial charge is 0.417 e. The first-order chi connectivity index (χ1) is 9.80. The van der Waals surface area contributed by atoms with E-state index in [1.54, 1.807) is 0 Å². The molecule has 0 fully saturated rings. The van der Waals surface area contributed by atoms with Crippen molar-refractivity contribution >= 4 is 11.5 Å². The maximum Gasteiger partial charge on any atom is 0.417 e. The highest BCUT2D eigenvalue weighted by molar-refractivity contribution is 6.09. The predicted molar refractivity (Wildman–Crippen MR) is 65.8 cm³/mol. The zero-order valence-electron chi connectivity index (χ0n) is 10.3. The molecule has 1 heterocycles. The SMILES string of the molecule is O=C(c1ccccn1)c1cc([N+](=O)[O-])ccc1C(F)(F)F. The van der Waals surface area contributed by atoms with Crippen LogP contribution in [0.25, 0.3) is 0 Å². The lowest BCUT2D eigenvalue weighted by Crippen LogP contribution is -2.15. The van der Waals surface area contributed by atoms with Gasteiger partial charge in [0.25, 0.3) is 5.69 Å². The molecule has 108 valence electrons. The molecule has 0 unspecified atom stereocenters. The lowest BCUT2D eigenvalue weighted by Gasteiger charge is -2.11. The van der Waals surface area contributed by atoms with Crippen molar-refractivity contribution in [2.45, 2.75) is 6.18 Å². The molecular formula is C13H7F3N2O3. The molecule has 0 saturated heterocycles. The molecule has 0 aliphatic rings. The maximum atomic E-state index is 12.9. The number of nitro benzene ring substituents is 1. The van der Waals surface area contributed by atoms with Crippen LogP contribution in [0.2, 0.25) is 0 Å². The number of carbonyl (C=O) groups excluding carboxylic acids is 1. The van der Waals surface area contributed by atoms with E-state index < -0.39 is 33.7 Å². The van der Waals surface area contributed by atoms with E-state index in [1.807, 2.05) is 0 Å². The third-order valence-electron chi connectivity index (χ3n) is 2.66. The minimum absolute atomic E-state index is 0.219. The Labute approximate surface area is 116 Å². The topological polar surface area (TPSA) is 73.1 Å². The first-order valence-electron chi connectivity index (χ1n) is 5.62. The number of rotatable bonds is 3. The number of halogens is 3. The molecule has 21 heavy (non-hydrogen) atoms. The summed E-state index contributed by atoms with van der Waals surface area (Å²) in [5.41, 5.74) is -2.84. The van der Waals surface area contributed by atoms with Crippen LogP contribution >= 0.6 is 0 Å². The van der Waals surface area contributed by atoms with Gasteiger partial charge in [-0.05, 0) is 18.2 Å². The Morgan fingerprint density at radius 2 is 1.90 bits per heavy atom. The number of benzene rings is 1. The second kappa shape index (κ2) is 5.31. The fourth-order valence-corrected chi connectivity index (χ4v) is 1.72.